The van der Waals surface area contributed by atoms with Crippen molar-refractivity contribution in [2.75, 3.05) is 46.6 Å². The first-order valence-corrected chi connectivity index (χ1v) is 11.5. The summed E-state index contributed by atoms with van der Waals surface area (Å²) >= 11 is 1.62. The lowest BCUT2D eigenvalue weighted by atomic mass is 10.2. The molecule has 0 aliphatic carbocycles. The average Bonchev–Trinajstić information content (AvgIpc) is 2.82. The van der Waals surface area contributed by atoms with Crippen LogP contribution in [0.4, 0.5) is 0 Å². The molecule has 32 heavy (non-hydrogen) atoms. The monoisotopic (exact) mass is 455 g/mol. The van der Waals surface area contributed by atoms with Gasteiger partial charge >= 0.3 is 5.97 Å². The molecule has 0 saturated heterocycles. The number of rotatable bonds is 12. The molecule has 0 fully saturated rings. The molecule has 7 heteroatoms. The van der Waals surface area contributed by atoms with Crippen molar-refractivity contribution in [1.82, 2.24) is 4.90 Å². The standard InChI is InChI=1S/C25H29NO5S/c1-4-26(13-15-30-17-18(2)25(28)29-3)12-7-14-31-19-10-11-23-21(16-19)24(27)20-8-5-6-9-22(20)32-23/h5-6,8-11,16H,2,4,7,12-15,17H2,1,3H3. The molecule has 0 saturated carbocycles. The lowest BCUT2D eigenvalue weighted by Gasteiger charge is -2.20. The molecule has 1 aromatic heterocycles. The number of ether oxygens (including phenoxy) is 3. The normalized spacial score (nSPS) is 11.2. The number of fused-ring (bicyclic) bond motifs is 2. The van der Waals surface area contributed by atoms with Crippen LogP contribution in [0.3, 0.4) is 0 Å². The fraction of sp³-hybridized carbons (Fsp3) is 0.360. The van der Waals surface area contributed by atoms with Crippen LogP contribution in [0.2, 0.25) is 0 Å². The number of esters is 1. The summed E-state index contributed by atoms with van der Waals surface area (Å²) in [5.41, 5.74) is 0.362. The Balaban J connectivity index is 1.46. The van der Waals surface area contributed by atoms with Crippen molar-refractivity contribution in [1.29, 1.82) is 0 Å². The van der Waals surface area contributed by atoms with E-state index in [0.29, 0.717) is 29.9 Å². The number of likely N-dealkylation sites (N-methyl/N-ethyl adjacent to an activating group) is 1. The first kappa shape index (κ1) is 23.9. The lowest BCUT2D eigenvalue weighted by Crippen LogP contribution is -2.29. The Morgan fingerprint density at radius 3 is 2.62 bits per heavy atom. The zero-order valence-corrected chi connectivity index (χ0v) is 19.4. The molecule has 3 rings (SSSR count). The first-order chi connectivity index (χ1) is 15.5. The van der Waals surface area contributed by atoms with Crippen molar-refractivity contribution in [3.8, 4) is 5.75 Å². The van der Waals surface area contributed by atoms with E-state index in [1.165, 1.54) is 7.11 Å². The molecule has 0 spiro atoms. The highest BCUT2D eigenvalue weighted by molar-refractivity contribution is 7.24. The van der Waals surface area contributed by atoms with E-state index in [-0.39, 0.29) is 12.0 Å². The number of nitrogens with zero attached hydrogens (tertiary/aromatic N) is 1. The van der Waals surface area contributed by atoms with Gasteiger partial charge in [-0.05, 0) is 43.3 Å². The first-order valence-electron chi connectivity index (χ1n) is 10.7. The van der Waals surface area contributed by atoms with Crippen LogP contribution in [0.1, 0.15) is 13.3 Å². The van der Waals surface area contributed by atoms with Crippen molar-refractivity contribution in [2.45, 2.75) is 13.3 Å². The number of benzene rings is 2. The van der Waals surface area contributed by atoms with Gasteiger partial charge < -0.3 is 19.1 Å². The molecule has 0 aliphatic rings. The summed E-state index contributed by atoms with van der Waals surface area (Å²) < 4.78 is 18.0. The molecule has 0 aliphatic heterocycles. The number of hydrogen-bond donors (Lipinski definition) is 0. The van der Waals surface area contributed by atoms with Crippen LogP contribution < -0.4 is 10.2 Å². The van der Waals surface area contributed by atoms with Gasteiger partial charge in [-0.2, -0.15) is 0 Å². The minimum absolute atomic E-state index is 0.0480. The van der Waals surface area contributed by atoms with E-state index in [0.717, 1.165) is 40.8 Å². The van der Waals surface area contributed by atoms with Gasteiger partial charge in [0.25, 0.3) is 0 Å². The van der Waals surface area contributed by atoms with Crippen molar-refractivity contribution in [3.05, 3.63) is 64.8 Å². The van der Waals surface area contributed by atoms with Crippen LogP contribution in [-0.2, 0) is 14.3 Å². The van der Waals surface area contributed by atoms with Crippen LogP contribution in [0.15, 0.2) is 59.4 Å². The summed E-state index contributed by atoms with van der Waals surface area (Å²) in [6.45, 7) is 9.50. The van der Waals surface area contributed by atoms with Crippen molar-refractivity contribution in [2.24, 2.45) is 0 Å². The molecule has 0 radical (unpaired) electrons. The van der Waals surface area contributed by atoms with Gasteiger partial charge in [-0.15, -0.1) is 11.3 Å². The van der Waals surface area contributed by atoms with Gasteiger partial charge in [-0.25, -0.2) is 4.79 Å². The number of hydrogen-bond acceptors (Lipinski definition) is 7. The largest absolute Gasteiger partial charge is 0.494 e. The van der Waals surface area contributed by atoms with Gasteiger partial charge in [0.15, 0.2) is 5.43 Å². The van der Waals surface area contributed by atoms with Crippen molar-refractivity contribution >= 4 is 37.5 Å². The summed E-state index contributed by atoms with van der Waals surface area (Å²) in [4.78, 5) is 26.4. The molecule has 2 aromatic carbocycles. The van der Waals surface area contributed by atoms with Crippen LogP contribution in [0, 0.1) is 0 Å². The summed E-state index contributed by atoms with van der Waals surface area (Å²) in [5, 5.41) is 1.45. The van der Waals surface area contributed by atoms with Crippen LogP contribution in [0.25, 0.3) is 20.2 Å². The molecule has 1 heterocycles. The molecule has 0 N–H and O–H groups in total. The summed E-state index contributed by atoms with van der Waals surface area (Å²) in [6.07, 6.45) is 0.853. The van der Waals surface area contributed by atoms with Gasteiger partial charge in [0.2, 0.25) is 0 Å². The second-order valence-corrected chi connectivity index (χ2v) is 8.45. The topological polar surface area (TPSA) is 65.1 Å². The summed E-state index contributed by atoms with van der Waals surface area (Å²) in [6, 6.07) is 13.4. The third kappa shape index (κ3) is 6.16. The smallest absolute Gasteiger partial charge is 0.335 e. The highest BCUT2D eigenvalue weighted by Crippen LogP contribution is 2.27. The third-order valence-corrected chi connectivity index (χ3v) is 6.34. The molecule has 170 valence electrons. The fourth-order valence-corrected chi connectivity index (χ4v) is 4.42. The van der Waals surface area contributed by atoms with E-state index in [1.54, 1.807) is 11.3 Å². The zero-order chi connectivity index (χ0) is 22.9. The van der Waals surface area contributed by atoms with E-state index < -0.39 is 5.97 Å². The molecule has 0 atom stereocenters. The Hall–Kier alpha value is -2.74. The highest BCUT2D eigenvalue weighted by Gasteiger charge is 2.09. The lowest BCUT2D eigenvalue weighted by molar-refractivity contribution is -0.136. The van der Waals surface area contributed by atoms with Crippen molar-refractivity contribution < 1.29 is 19.0 Å². The average molecular weight is 456 g/mol. The SMILES string of the molecule is C=C(COCCN(CC)CCCOc1ccc2sc3ccccc3c(=O)c2c1)C(=O)OC. The Labute approximate surface area is 192 Å². The Kier molecular flexibility index (Phi) is 8.79. The van der Waals surface area contributed by atoms with E-state index >= 15 is 0 Å². The predicted octanol–water partition coefficient (Wildman–Crippen LogP) is 4.25. The van der Waals surface area contributed by atoms with E-state index in [4.69, 9.17) is 9.47 Å². The second-order valence-electron chi connectivity index (χ2n) is 7.37. The molecule has 0 bridgehead atoms. The molecular weight excluding hydrogens is 426 g/mol. The van der Waals surface area contributed by atoms with Crippen molar-refractivity contribution in [3.63, 3.8) is 0 Å². The minimum Gasteiger partial charge on any atom is -0.494 e. The van der Waals surface area contributed by atoms with E-state index in [9.17, 15) is 9.59 Å². The Morgan fingerprint density at radius 2 is 1.84 bits per heavy atom. The quantitative estimate of drug-likeness (QED) is 0.176. The summed E-state index contributed by atoms with van der Waals surface area (Å²) in [5.74, 6) is 0.269. The predicted molar refractivity (Wildman–Crippen MR) is 130 cm³/mol. The molecule has 6 nitrogen and oxygen atoms in total. The van der Waals surface area contributed by atoms with Crippen LogP contribution in [-0.4, -0.2) is 57.4 Å². The number of carbonyl (C=O) groups is 1. The van der Waals surface area contributed by atoms with Gasteiger partial charge in [0, 0.05) is 33.3 Å². The summed E-state index contributed by atoms with van der Waals surface area (Å²) in [7, 11) is 1.33. The minimum atomic E-state index is -0.443. The molecule has 3 aromatic rings. The molecule has 0 amide bonds. The maximum Gasteiger partial charge on any atom is 0.335 e. The van der Waals surface area contributed by atoms with Crippen LogP contribution in [0.5, 0.6) is 5.75 Å². The van der Waals surface area contributed by atoms with Gasteiger partial charge in [0.05, 0.1) is 32.5 Å². The maximum absolute atomic E-state index is 12.8. The van der Waals surface area contributed by atoms with Gasteiger partial charge in [-0.3, -0.25) is 4.79 Å². The second kappa shape index (κ2) is 11.8. The Bertz CT molecular complexity index is 1140. The van der Waals surface area contributed by atoms with Crippen LogP contribution >= 0.6 is 11.3 Å². The van der Waals surface area contributed by atoms with E-state index in [1.807, 2.05) is 42.5 Å². The maximum atomic E-state index is 12.8. The number of methoxy groups -OCH3 is 1. The number of carbonyl (C=O) groups excluding carboxylic acids is 1. The fourth-order valence-electron chi connectivity index (χ4n) is 3.37. The highest BCUT2D eigenvalue weighted by atomic mass is 32.1. The Morgan fingerprint density at radius 1 is 1.06 bits per heavy atom. The third-order valence-electron chi connectivity index (χ3n) is 5.18. The van der Waals surface area contributed by atoms with E-state index in [2.05, 4.69) is 23.1 Å². The van der Waals surface area contributed by atoms with Gasteiger partial charge in [0.1, 0.15) is 5.75 Å². The van der Waals surface area contributed by atoms with Gasteiger partial charge in [-0.1, -0.05) is 25.6 Å². The molecule has 0 unspecified atom stereocenters. The zero-order valence-electron chi connectivity index (χ0n) is 18.6. The molecular formula is C25H29NO5S.